The summed E-state index contributed by atoms with van der Waals surface area (Å²) in [6.45, 7) is 3.76. The largest absolute Gasteiger partial charge is 0.338 e. The van der Waals surface area contributed by atoms with Crippen molar-refractivity contribution in [2.45, 2.75) is 32.7 Å². The number of thiophene rings is 1. The van der Waals surface area contributed by atoms with Gasteiger partial charge in [0.05, 0.1) is 0 Å². The molecular formula is C17H19NOS. The quantitative estimate of drug-likeness (QED) is 0.844. The van der Waals surface area contributed by atoms with Crippen LogP contribution < -0.4 is 0 Å². The highest BCUT2D eigenvalue weighted by molar-refractivity contribution is 7.10. The lowest BCUT2D eigenvalue weighted by molar-refractivity contribution is -0.132. The van der Waals surface area contributed by atoms with Gasteiger partial charge in [-0.2, -0.15) is 0 Å². The van der Waals surface area contributed by atoms with Crippen LogP contribution in [0.15, 0.2) is 35.7 Å². The molecule has 0 bridgehead atoms. The van der Waals surface area contributed by atoms with E-state index in [9.17, 15) is 4.79 Å². The van der Waals surface area contributed by atoms with Gasteiger partial charge in [-0.25, -0.2) is 0 Å². The lowest BCUT2D eigenvalue weighted by Gasteiger charge is -2.27. The first kappa shape index (κ1) is 13.4. The molecule has 0 radical (unpaired) electrons. The Labute approximate surface area is 124 Å². The predicted octanol–water partition coefficient (Wildman–Crippen LogP) is 3.57. The molecule has 2 aromatic rings. The molecule has 0 saturated heterocycles. The molecule has 1 aliphatic heterocycles. The normalized spacial score (nSPS) is 14.2. The first-order valence-corrected chi connectivity index (χ1v) is 7.99. The van der Waals surface area contributed by atoms with E-state index in [-0.39, 0.29) is 5.91 Å². The topological polar surface area (TPSA) is 20.3 Å². The first-order chi connectivity index (χ1) is 9.72. The highest BCUT2D eigenvalue weighted by atomic mass is 32.1. The summed E-state index contributed by atoms with van der Waals surface area (Å²) < 4.78 is 0. The molecule has 0 N–H and O–H groups in total. The molecule has 0 atom stereocenters. The number of amides is 1. The summed E-state index contributed by atoms with van der Waals surface area (Å²) in [5.74, 6) is 0.280. The molecule has 0 saturated carbocycles. The standard InChI is InChI=1S/C17H19NOS/c1-13-2-4-14(5-3-13)6-7-17(19)18-10-8-16-15(12-18)9-11-20-16/h2-5,9,11H,6-8,10,12H2,1H3. The Bertz CT molecular complexity index is 600. The van der Waals surface area contributed by atoms with E-state index in [0.717, 1.165) is 25.9 Å². The molecule has 0 fully saturated rings. The Hall–Kier alpha value is -1.61. The lowest BCUT2D eigenvalue weighted by atomic mass is 10.1. The van der Waals surface area contributed by atoms with Crippen molar-refractivity contribution in [1.82, 2.24) is 4.90 Å². The van der Waals surface area contributed by atoms with Crippen molar-refractivity contribution in [1.29, 1.82) is 0 Å². The molecule has 3 heteroatoms. The van der Waals surface area contributed by atoms with Crippen LogP contribution in [-0.2, 0) is 24.2 Å². The van der Waals surface area contributed by atoms with Crippen LogP contribution in [0.5, 0.6) is 0 Å². The summed E-state index contributed by atoms with van der Waals surface area (Å²) in [6.07, 6.45) is 2.47. The van der Waals surface area contributed by atoms with Crippen LogP contribution in [-0.4, -0.2) is 17.4 Å². The van der Waals surface area contributed by atoms with Crippen LogP contribution in [0.3, 0.4) is 0 Å². The van der Waals surface area contributed by atoms with Gasteiger partial charge in [-0.05, 0) is 42.3 Å². The lowest BCUT2D eigenvalue weighted by Crippen LogP contribution is -2.35. The van der Waals surface area contributed by atoms with Gasteiger partial charge in [0.2, 0.25) is 5.91 Å². The summed E-state index contributed by atoms with van der Waals surface area (Å²) >= 11 is 1.81. The van der Waals surface area contributed by atoms with E-state index in [4.69, 9.17) is 0 Å². The SMILES string of the molecule is Cc1ccc(CCC(=O)N2CCc3sccc3C2)cc1. The Morgan fingerprint density at radius 1 is 1.25 bits per heavy atom. The number of hydrogen-bond donors (Lipinski definition) is 0. The fourth-order valence-electron chi connectivity index (χ4n) is 2.63. The third kappa shape index (κ3) is 2.93. The third-order valence-corrected chi connectivity index (χ3v) is 4.93. The first-order valence-electron chi connectivity index (χ1n) is 7.11. The second-order valence-corrected chi connectivity index (χ2v) is 6.42. The zero-order valence-corrected chi connectivity index (χ0v) is 12.6. The number of aryl methyl sites for hydroxylation is 2. The second kappa shape index (κ2) is 5.80. The van der Waals surface area contributed by atoms with Crippen LogP contribution >= 0.6 is 11.3 Å². The highest BCUT2D eigenvalue weighted by Crippen LogP contribution is 2.24. The van der Waals surface area contributed by atoms with Crippen molar-refractivity contribution in [2.75, 3.05) is 6.54 Å². The number of nitrogens with zero attached hydrogens (tertiary/aromatic N) is 1. The van der Waals surface area contributed by atoms with Crippen LogP contribution in [0, 0.1) is 6.92 Å². The number of fused-ring (bicyclic) bond motifs is 1. The predicted molar refractivity (Wildman–Crippen MR) is 82.9 cm³/mol. The van der Waals surface area contributed by atoms with Crippen molar-refractivity contribution >= 4 is 17.2 Å². The Morgan fingerprint density at radius 3 is 2.85 bits per heavy atom. The second-order valence-electron chi connectivity index (χ2n) is 5.42. The van der Waals surface area contributed by atoms with Gasteiger partial charge in [-0.1, -0.05) is 29.8 Å². The zero-order valence-electron chi connectivity index (χ0n) is 11.8. The van der Waals surface area contributed by atoms with Crippen LogP contribution in [0.1, 0.15) is 28.0 Å². The minimum atomic E-state index is 0.280. The van der Waals surface area contributed by atoms with E-state index in [1.54, 1.807) is 0 Å². The molecule has 0 spiro atoms. The molecule has 20 heavy (non-hydrogen) atoms. The van der Waals surface area contributed by atoms with Gasteiger partial charge in [0.1, 0.15) is 0 Å². The molecule has 0 aliphatic carbocycles. The Morgan fingerprint density at radius 2 is 2.05 bits per heavy atom. The number of carbonyl (C=O) groups is 1. The molecule has 1 aromatic carbocycles. The average molecular weight is 285 g/mol. The molecule has 2 heterocycles. The molecule has 104 valence electrons. The number of hydrogen-bond acceptors (Lipinski definition) is 2. The molecule has 3 rings (SSSR count). The van der Waals surface area contributed by atoms with E-state index in [2.05, 4.69) is 42.6 Å². The van der Waals surface area contributed by atoms with Gasteiger partial charge in [-0.15, -0.1) is 11.3 Å². The van der Waals surface area contributed by atoms with Crippen molar-refractivity contribution in [2.24, 2.45) is 0 Å². The molecule has 1 aromatic heterocycles. The molecular weight excluding hydrogens is 266 g/mol. The third-order valence-electron chi connectivity index (χ3n) is 3.91. The Kier molecular flexibility index (Phi) is 3.88. The maximum atomic E-state index is 12.3. The highest BCUT2D eigenvalue weighted by Gasteiger charge is 2.20. The number of rotatable bonds is 3. The maximum Gasteiger partial charge on any atom is 0.223 e. The number of carbonyl (C=O) groups excluding carboxylic acids is 1. The summed E-state index contributed by atoms with van der Waals surface area (Å²) in [5, 5.41) is 2.13. The fraction of sp³-hybridized carbons (Fsp3) is 0.353. The van der Waals surface area contributed by atoms with Gasteiger partial charge in [0, 0.05) is 24.4 Å². The summed E-state index contributed by atoms with van der Waals surface area (Å²) in [7, 11) is 0. The molecule has 1 aliphatic rings. The van der Waals surface area contributed by atoms with Crippen LogP contribution in [0.4, 0.5) is 0 Å². The molecule has 2 nitrogen and oxygen atoms in total. The summed E-state index contributed by atoms with van der Waals surface area (Å²) in [6, 6.07) is 10.6. The minimum absolute atomic E-state index is 0.280. The van der Waals surface area contributed by atoms with Gasteiger partial charge in [0.25, 0.3) is 0 Å². The van der Waals surface area contributed by atoms with Gasteiger partial charge in [-0.3, -0.25) is 4.79 Å². The van der Waals surface area contributed by atoms with E-state index in [1.807, 2.05) is 16.2 Å². The van der Waals surface area contributed by atoms with Crippen molar-refractivity contribution in [3.05, 3.63) is 57.3 Å². The molecule has 0 unspecified atom stereocenters. The smallest absolute Gasteiger partial charge is 0.223 e. The van der Waals surface area contributed by atoms with E-state index in [0.29, 0.717) is 6.42 Å². The number of benzene rings is 1. The van der Waals surface area contributed by atoms with E-state index < -0.39 is 0 Å². The molecule has 1 amide bonds. The van der Waals surface area contributed by atoms with Crippen molar-refractivity contribution < 1.29 is 4.79 Å². The van der Waals surface area contributed by atoms with Crippen molar-refractivity contribution in [3.63, 3.8) is 0 Å². The van der Waals surface area contributed by atoms with Gasteiger partial charge < -0.3 is 4.90 Å². The van der Waals surface area contributed by atoms with E-state index >= 15 is 0 Å². The van der Waals surface area contributed by atoms with Crippen molar-refractivity contribution in [3.8, 4) is 0 Å². The zero-order chi connectivity index (χ0) is 13.9. The van der Waals surface area contributed by atoms with E-state index in [1.165, 1.54) is 21.6 Å². The Balaban J connectivity index is 1.56. The maximum absolute atomic E-state index is 12.3. The van der Waals surface area contributed by atoms with Gasteiger partial charge in [0.15, 0.2) is 0 Å². The summed E-state index contributed by atoms with van der Waals surface area (Å²) in [5.41, 5.74) is 3.85. The summed E-state index contributed by atoms with van der Waals surface area (Å²) in [4.78, 5) is 15.8. The monoisotopic (exact) mass is 285 g/mol. The van der Waals surface area contributed by atoms with Crippen LogP contribution in [0.2, 0.25) is 0 Å². The minimum Gasteiger partial charge on any atom is -0.338 e. The van der Waals surface area contributed by atoms with Gasteiger partial charge >= 0.3 is 0 Å². The fourth-order valence-corrected chi connectivity index (χ4v) is 3.52. The average Bonchev–Trinajstić information content (AvgIpc) is 2.93. The van der Waals surface area contributed by atoms with Crippen LogP contribution in [0.25, 0.3) is 0 Å².